The van der Waals surface area contributed by atoms with E-state index < -0.39 is 5.54 Å². The first-order valence-electron chi connectivity index (χ1n) is 7.44. The van der Waals surface area contributed by atoms with Crippen molar-refractivity contribution in [3.05, 3.63) is 71.4 Å². The molecular formula is C17H19N5O. The maximum atomic E-state index is 12.5. The number of nitrogens with zero attached hydrogens (tertiary/aromatic N) is 4. The molecule has 2 atom stereocenters. The molecule has 0 spiro atoms. The van der Waals surface area contributed by atoms with Gasteiger partial charge in [0, 0.05) is 5.92 Å². The predicted molar refractivity (Wildman–Crippen MR) is 90.2 cm³/mol. The molecule has 1 aliphatic rings. The number of rotatable bonds is 3. The summed E-state index contributed by atoms with van der Waals surface area (Å²) in [4.78, 5) is 20.8. The molecular weight excluding hydrogens is 290 g/mol. The lowest BCUT2D eigenvalue weighted by atomic mass is 9.83. The van der Waals surface area contributed by atoms with Crippen molar-refractivity contribution in [2.45, 2.75) is 19.4 Å². The minimum Gasteiger partial charge on any atom is -0.272 e. The van der Waals surface area contributed by atoms with Gasteiger partial charge in [-0.1, -0.05) is 49.4 Å². The van der Waals surface area contributed by atoms with Gasteiger partial charge in [-0.25, -0.2) is 20.6 Å². The van der Waals surface area contributed by atoms with Crippen LogP contribution in [0.2, 0.25) is 0 Å². The van der Waals surface area contributed by atoms with E-state index in [1.165, 1.54) is 11.3 Å². The van der Waals surface area contributed by atoms with E-state index in [1.807, 2.05) is 55.5 Å². The quantitative estimate of drug-likeness (QED) is 0.694. The summed E-state index contributed by atoms with van der Waals surface area (Å²) < 4.78 is 1.54. The third-order valence-corrected chi connectivity index (χ3v) is 4.33. The van der Waals surface area contributed by atoms with Gasteiger partial charge in [-0.2, -0.15) is 4.98 Å². The Morgan fingerprint density at radius 2 is 2.00 bits per heavy atom. The summed E-state index contributed by atoms with van der Waals surface area (Å²) in [7, 11) is 0. The highest BCUT2D eigenvalue weighted by molar-refractivity contribution is 5.54. The minimum atomic E-state index is -0.490. The molecule has 1 aliphatic carbocycles. The zero-order valence-electron chi connectivity index (χ0n) is 13.1. The smallest absolute Gasteiger partial charge is 0.272 e. The van der Waals surface area contributed by atoms with E-state index in [4.69, 9.17) is 5.84 Å². The molecule has 0 bridgehead atoms. The lowest BCUT2D eigenvalue weighted by Gasteiger charge is -2.34. The van der Waals surface area contributed by atoms with Crippen molar-refractivity contribution in [2.24, 2.45) is 11.8 Å². The third kappa shape index (κ3) is 2.68. The molecule has 0 fully saturated rings. The van der Waals surface area contributed by atoms with Gasteiger partial charge in [0.15, 0.2) is 0 Å². The molecule has 23 heavy (non-hydrogen) atoms. The summed E-state index contributed by atoms with van der Waals surface area (Å²) in [5.41, 5.74) is -0.156. The van der Waals surface area contributed by atoms with E-state index in [1.54, 1.807) is 4.57 Å². The van der Waals surface area contributed by atoms with Crippen LogP contribution in [0, 0.1) is 5.92 Å². The third-order valence-electron chi connectivity index (χ3n) is 4.33. The number of benzene rings is 1. The van der Waals surface area contributed by atoms with Gasteiger partial charge in [-0.3, -0.25) is 4.57 Å². The fraction of sp³-hybridized carbons (Fsp3) is 0.235. The maximum Gasteiger partial charge on any atom is 0.352 e. The molecule has 0 saturated carbocycles. The molecule has 0 amide bonds. The van der Waals surface area contributed by atoms with Gasteiger partial charge < -0.3 is 0 Å². The second-order valence-electron chi connectivity index (χ2n) is 5.77. The first kappa shape index (κ1) is 15.2. The topological polar surface area (TPSA) is 77.0 Å². The van der Waals surface area contributed by atoms with Crippen molar-refractivity contribution >= 4 is 11.6 Å². The highest BCUT2D eigenvalue weighted by atomic mass is 16.1. The highest BCUT2D eigenvalue weighted by Gasteiger charge is 2.32. The van der Waals surface area contributed by atoms with Crippen molar-refractivity contribution in [3.63, 3.8) is 0 Å². The summed E-state index contributed by atoms with van der Waals surface area (Å²) in [5, 5.41) is 1.30. The minimum absolute atomic E-state index is 0.155. The van der Waals surface area contributed by atoms with E-state index in [0.29, 0.717) is 5.69 Å². The van der Waals surface area contributed by atoms with Gasteiger partial charge in [0.25, 0.3) is 5.95 Å². The molecule has 0 saturated heterocycles. The fourth-order valence-electron chi connectivity index (χ4n) is 2.61. The van der Waals surface area contributed by atoms with Crippen molar-refractivity contribution in [3.8, 4) is 0 Å². The van der Waals surface area contributed by atoms with Crippen LogP contribution >= 0.6 is 0 Å². The summed E-state index contributed by atoms with van der Waals surface area (Å²) in [6, 6.07) is 9.26. The molecule has 6 heteroatoms. The predicted octanol–water partition coefficient (Wildman–Crippen LogP) is 2.13. The summed E-state index contributed by atoms with van der Waals surface area (Å²) in [6.07, 6.45) is 9.45. The van der Waals surface area contributed by atoms with Crippen molar-refractivity contribution in [1.29, 1.82) is 0 Å². The molecule has 0 radical (unpaired) electrons. The largest absolute Gasteiger partial charge is 0.352 e. The number of para-hydroxylation sites is 1. The summed E-state index contributed by atoms with van der Waals surface area (Å²) >= 11 is 0. The SMILES string of the molecule is CC1C=CC=CC1(C)n1cnc(N(N)c2ccccc2)nc1=O. The van der Waals surface area contributed by atoms with E-state index in [-0.39, 0.29) is 17.6 Å². The van der Waals surface area contributed by atoms with Crippen molar-refractivity contribution in [2.75, 3.05) is 5.01 Å². The molecule has 1 heterocycles. The van der Waals surface area contributed by atoms with Crippen LogP contribution in [0.5, 0.6) is 0 Å². The Morgan fingerprint density at radius 3 is 2.65 bits per heavy atom. The molecule has 1 aromatic heterocycles. The number of allylic oxidation sites excluding steroid dienone is 4. The number of hydrogen-bond acceptors (Lipinski definition) is 5. The molecule has 3 rings (SSSR count). The lowest BCUT2D eigenvalue weighted by Crippen LogP contribution is -2.44. The van der Waals surface area contributed by atoms with Crippen LogP contribution in [0.3, 0.4) is 0 Å². The average Bonchev–Trinajstić information content (AvgIpc) is 2.57. The number of aromatic nitrogens is 3. The van der Waals surface area contributed by atoms with Gasteiger partial charge >= 0.3 is 5.69 Å². The van der Waals surface area contributed by atoms with Crippen LogP contribution in [0.4, 0.5) is 11.6 Å². The van der Waals surface area contributed by atoms with Gasteiger partial charge in [0.1, 0.15) is 6.33 Å². The zero-order chi connectivity index (χ0) is 16.4. The van der Waals surface area contributed by atoms with Crippen LogP contribution in [0.25, 0.3) is 0 Å². The van der Waals surface area contributed by atoms with Crippen LogP contribution in [0.15, 0.2) is 65.8 Å². The van der Waals surface area contributed by atoms with Crippen molar-refractivity contribution in [1.82, 2.24) is 14.5 Å². The van der Waals surface area contributed by atoms with Crippen LogP contribution in [-0.2, 0) is 5.54 Å². The molecule has 0 aliphatic heterocycles. The molecule has 6 nitrogen and oxygen atoms in total. The average molecular weight is 309 g/mol. The van der Waals surface area contributed by atoms with E-state index in [9.17, 15) is 4.79 Å². The first-order valence-corrected chi connectivity index (χ1v) is 7.44. The molecule has 2 N–H and O–H groups in total. The van der Waals surface area contributed by atoms with E-state index in [0.717, 1.165) is 0 Å². The number of nitrogens with two attached hydrogens (primary N) is 1. The van der Waals surface area contributed by atoms with Crippen LogP contribution < -0.4 is 16.5 Å². The Hall–Kier alpha value is -2.73. The maximum absolute atomic E-state index is 12.5. The number of anilines is 2. The van der Waals surface area contributed by atoms with Crippen LogP contribution in [0.1, 0.15) is 13.8 Å². The Labute approximate surface area is 134 Å². The Kier molecular flexibility index (Phi) is 3.83. The molecule has 2 unspecified atom stereocenters. The van der Waals surface area contributed by atoms with E-state index >= 15 is 0 Å². The lowest BCUT2D eigenvalue weighted by molar-refractivity contribution is 0.301. The monoisotopic (exact) mass is 309 g/mol. The highest BCUT2D eigenvalue weighted by Crippen LogP contribution is 2.30. The molecule has 118 valence electrons. The molecule has 2 aromatic rings. The molecule has 1 aromatic carbocycles. The summed E-state index contributed by atoms with van der Waals surface area (Å²) in [6.45, 7) is 4.04. The fourth-order valence-corrected chi connectivity index (χ4v) is 2.61. The van der Waals surface area contributed by atoms with Crippen LogP contribution in [-0.4, -0.2) is 14.5 Å². The first-order chi connectivity index (χ1) is 11.0. The summed E-state index contributed by atoms with van der Waals surface area (Å²) in [5.74, 6) is 6.33. The van der Waals surface area contributed by atoms with Gasteiger partial charge in [0.05, 0.1) is 11.2 Å². The van der Waals surface area contributed by atoms with Gasteiger partial charge in [-0.05, 0) is 19.1 Å². The Bertz CT molecular complexity index is 811. The van der Waals surface area contributed by atoms with Gasteiger partial charge in [0.2, 0.25) is 0 Å². The van der Waals surface area contributed by atoms with Crippen molar-refractivity contribution < 1.29 is 0 Å². The number of hydrazine groups is 1. The van der Waals surface area contributed by atoms with Gasteiger partial charge in [-0.15, -0.1) is 0 Å². The normalized spacial score (nSPS) is 23.0. The second kappa shape index (κ2) is 5.81. The standard InChI is InChI=1S/C17H19N5O/c1-13-8-6-7-11-17(13,2)21-12-19-15(20-16(21)23)22(18)14-9-4-3-5-10-14/h3-13H,18H2,1-2H3. The second-order valence-corrected chi connectivity index (χ2v) is 5.77. The van der Waals surface area contributed by atoms with E-state index in [2.05, 4.69) is 23.0 Å². The number of hydrogen-bond donors (Lipinski definition) is 1. The Morgan fingerprint density at radius 1 is 1.26 bits per heavy atom. The Balaban J connectivity index is 1.98. The zero-order valence-corrected chi connectivity index (χ0v) is 13.1.